The fourth-order valence-corrected chi connectivity index (χ4v) is 2.90. The molecule has 1 saturated heterocycles. The Hall–Kier alpha value is -1.76. The number of aromatic nitrogens is 3. The SMILES string of the molecule is CO[C@@H]1CN(Cc2ccc(CO)cc2)C[C@H]1c1cn[nH]n1. The number of hydrogen-bond acceptors (Lipinski definition) is 5. The maximum atomic E-state index is 9.08. The van der Waals surface area contributed by atoms with Gasteiger partial charge in [-0.15, -0.1) is 0 Å². The third-order valence-electron chi connectivity index (χ3n) is 4.07. The number of methoxy groups -OCH3 is 1. The van der Waals surface area contributed by atoms with Crippen molar-refractivity contribution in [2.45, 2.75) is 25.2 Å². The first-order chi connectivity index (χ1) is 10.3. The van der Waals surface area contributed by atoms with Crippen molar-refractivity contribution in [2.24, 2.45) is 0 Å². The van der Waals surface area contributed by atoms with Gasteiger partial charge in [0.1, 0.15) is 0 Å². The first-order valence-electron chi connectivity index (χ1n) is 7.09. The lowest BCUT2D eigenvalue weighted by Crippen LogP contribution is -2.22. The fourth-order valence-electron chi connectivity index (χ4n) is 2.90. The molecule has 6 heteroatoms. The highest BCUT2D eigenvalue weighted by Gasteiger charge is 2.35. The lowest BCUT2D eigenvalue weighted by atomic mass is 10.0. The molecular formula is C15H20N4O2. The smallest absolute Gasteiger partial charge is 0.0894 e. The van der Waals surface area contributed by atoms with E-state index in [4.69, 9.17) is 9.84 Å². The largest absolute Gasteiger partial charge is 0.392 e. The Morgan fingerprint density at radius 1 is 1.29 bits per heavy atom. The number of nitrogens with zero attached hydrogens (tertiary/aromatic N) is 3. The fraction of sp³-hybridized carbons (Fsp3) is 0.467. The van der Waals surface area contributed by atoms with Crippen LogP contribution in [-0.2, 0) is 17.9 Å². The minimum atomic E-state index is 0.0873. The molecule has 1 aliphatic rings. The number of aliphatic hydroxyl groups is 1. The number of ether oxygens (including phenoxy) is 1. The molecule has 0 amide bonds. The molecule has 2 N–H and O–H groups in total. The summed E-state index contributed by atoms with van der Waals surface area (Å²) in [5, 5.41) is 19.8. The van der Waals surface area contributed by atoms with E-state index < -0.39 is 0 Å². The molecule has 1 aliphatic heterocycles. The van der Waals surface area contributed by atoms with E-state index in [1.807, 2.05) is 12.1 Å². The molecule has 1 aromatic heterocycles. The molecule has 0 unspecified atom stereocenters. The molecular weight excluding hydrogens is 268 g/mol. The summed E-state index contributed by atoms with van der Waals surface area (Å²) in [4.78, 5) is 2.36. The summed E-state index contributed by atoms with van der Waals surface area (Å²) in [6.07, 6.45) is 1.92. The van der Waals surface area contributed by atoms with E-state index in [0.717, 1.165) is 30.9 Å². The molecule has 2 atom stereocenters. The van der Waals surface area contributed by atoms with Gasteiger partial charge in [-0.25, -0.2) is 0 Å². The van der Waals surface area contributed by atoms with Crippen LogP contribution in [0.1, 0.15) is 22.7 Å². The predicted molar refractivity (Wildman–Crippen MR) is 77.6 cm³/mol. The molecule has 0 saturated carbocycles. The molecule has 0 spiro atoms. The van der Waals surface area contributed by atoms with Crippen LogP contribution in [0.25, 0.3) is 0 Å². The third-order valence-corrected chi connectivity index (χ3v) is 4.07. The monoisotopic (exact) mass is 288 g/mol. The van der Waals surface area contributed by atoms with Gasteiger partial charge in [0, 0.05) is 32.7 Å². The van der Waals surface area contributed by atoms with Crippen LogP contribution in [0.4, 0.5) is 0 Å². The van der Waals surface area contributed by atoms with Crippen molar-refractivity contribution < 1.29 is 9.84 Å². The van der Waals surface area contributed by atoms with Crippen molar-refractivity contribution >= 4 is 0 Å². The van der Waals surface area contributed by atoms with E-state index in [-0.39, 0.29) is 18.6 Å². The number of aliphatic hydroxyl groups excluding tert-OH is 1. The van der Waals surface area contributed by atoms with Crippen LogP contribution in [0.15, 0.2) is 30.5 Å². The number of H-pyrrole nitrogens is 1. The summed E-state index contributed by atoms with van der Waals surface area (Å²) in [7, 11) is 1.75. The number of rotatable bonds is 5. The van der Waals surface area contributed by atoms with E-state index in [1.165, 1.54) is 5.56 Å². The molecule has 1 aromatic carbocycles. The van der Waals surface area contributed by atoms with Crippen LogP contribution in [0.3, 0.4) is 0 Å². The van der Waals surface area contributed by atoms with Gasteiger partial charge in [0.25, 0.3) is 0 Å². The molecule has 0 radical (unpaired) electrons. The third kappa shape index (κ3) is 3.12. The minimum absolute atomic E-state index is 0.0873. The van der Waals surface area contributed by atoms with Gasteiger partial charge in [-0.3, -0.25) is 4.90 Å². The van der Waals surface area contributed by atoms with Crippen LogP contribution in [0.5, 0.6) is 0 Å². The van der Waals surface area contributed by atoms with Crippen molar-refractivity contribution in [3.63, 3.8) is 0 Å². The molecule has 0 aliphatic carbocycles. The normalized spacial score (nSPS) is 22.8. The molecule has 0 bridgehead atoms. The zero-order chi connectivity index (χ0) is 14.7. The lowest BCUT2D eigenvalue weighted by molar-refractivity contribution is 0.0957. The topological polar surface area (TPSA) is 74.3 Å². The first-order valence-corrected chi connectivity index (χ1v) is 7.09. The van der Waals surface area contributed by atoms with Crippen molar-refractivity contribution in [1.29, 1.82) is 0 Å². The summed E-state index contributed by atoms with van der Waals surface area (Å²) in [5.74, 6) is 0.255. The summed E-state index contributed by atoms with van der Waals surface area (Å²) >= 11 is 0. The highest BCUT2D eigenvalue weighted by atomic mass is 16.5. The zero-order valence-electron chi connectivity index (χ0n) is 12.1. The summed E-state index contributed by atoms with van der Waals surface area (Å²) in [5.41, 5.74) is 3.14. The van der Waals surface area contributed by atoms with Gasteiger partial charge in [-0.05, 0) is 11.1 Å². The second-order valence-corrected chi connectivity index (χ2v) is 5.44. The van der Waals surface area contributed by atoms with E-state index in [1.54, 1.807) is 13.3 Å². The highest BCUT2D eigenvalue weighted by molar-refractivity contribution is 5.22. The van der Waals surface area contributed by atoms with Crippen molar-refractivity contribution in [3.8, 4) is 0 Å². The molecule has 2 heterocycles. The minimum Gasteiger partial charge on any atom is -0.392 e. The number of benzene rings is 1. The number of nitrogens with one attached hydrogen (secondary N) is 1. The summed E-state index contributed by atoms with van der Waals surface area (Å²) < 4.78 is 5.60. The number of hydrogen-bond donors (Lipinski definition) is 2. The highest BCUT2D eigenvalue weighted by Crippen LogP contribution is 2.28. The van der Waals surface area contributed by atoms with Gasteiger partial charge >= 0.3 is 0 Å². The van der Waals surface area contributed by atoms with Crippen molar-refractivity contribution in [3.05, 3.63) is 47.3 Å². The van der Waals surface area contributed by atoms with Crippen molar-refractivity contribution in [1.82, 2.24) is 20.3 Å². The Labute approximate surface area is 123 Å². The number of likely N-dealkylation sites (tertiary alicyclic amines) is 1. The molecule has 112 valence electrons. The Balaban J connectivity index is 1.66. The molecule has 3 rings (SSSR count). The van der Waals surface area contributed by atoms with Gasteiger partial charge in [-0.1, -0.05) is 24.3 Å². The Bertz CT molecular complexity index is 556. The Kier molecular flexibility index (Phi) is 4.28. The van der Waals surface area contributed by atoms with Crippen LogP contribution in [0.2, 0.25) is 0 Å². The van der Waals surface area contributed by atoms with Gasteiger partial charge in [0.2, 0.25) is 0 Å². The van der Waals surface area contributed by atoms with Gasteiger partial charge in [0.05, 0.1) is 24.6 Å². The second kappa shape index (κ2) is 6.34. The maximum absolute atomic E-state index is 9.08. The quantitative estimate of drug-likeness (QED) is 0.855. The molecule has 6 nitrogen and oxygen atoms in total. The van der Waals surface area contributed by atoms with Crippen LogP contribution < -0.4 is 0 Å². The van der Waals surface area contributed by atoms with Crippen LogP contribution >= 0.6 is 0 Å². The van der Waals surface area contributed by atoms with Crippen LogP contribution in [0, 0.1) is 0 Å². The Morgan fingerprint density at radius 2 is 2.05 bits per heavy atom. The van der Waals surface area contributed by atoms with Gasteiger partial charge in [0.15, 0.2) is 0 Å². The van der Waals surface area contributed by atoms with E-state index in [2.05, 4.69) is 32.4 Å². The predicted octanol–water partition coefficient (Wildman–Crippen LogP) is 0.911. The van der Waals surface area contributed by atoms with Gasteiger partial charge < -0.3 is 9.84 Å². The van der Waals surface area contributed by atoms with Gasteiger partial charge in [-0.2, -0.15) is 15.4 Å². The van der Waals surface area contributed by atoms with E-state index in [0.29, 0.717) is 0 Å². The second-order valence-electron chi connectivity index (χ2n) is 5.44. The summed E-state index contributed by atoms with van der Waals surface area (Å²) in [6, 6.07) is 8.07. The molecule has 1 fully saturated rings. The zero-order valence-corrected chi connectivity index (χ0v) is 12.1. The lowest BCUT2D eigenvalue weighted by Gasteiger charge is -2.15. The van der Waals surface area contributed by atoms with Crippen molar-refractivity contribution in [2.75, 3.05) is 20.2 Å². The summed E-state index contributed by atoms with van der Waals surface area (Å²) in [6.45, 7) is 2.76. The molecule has 21 heavy (non-hydrogen) atoms. The molecule has 2 aromatic rings. The van der Waals surface area contributed by atoms with E-state index >= 15 is 0 Å². The number of aromatic amines is 1. The van der Waals surface area contributed by atoms with Crippen LogP contribution in [-0.4, -0.2) is 51.7 Å². The first kappa shape index (κ1) is 14.2. The average molecular weight is 288 g/mol. The maximum Gasteiger partial charge on any atom is 0.0894 e. The van der Waals surface area contributed by atoms with E-state index in [9.17, 15) is 0 Å². The Morgan fingerprint density at radius 3 is 2.67 bits per heavy atom. The average Bonchev–Trinajstić information content (AvgIpc) is 3.16. The standard InChI is InChI=1S/C15H20N4O2/c1-21-15-9-19(8-13(15)14-6-16-18-17-14)7-11-2-4-12(10-20)5-3-11/h2-6,13,15,20H,7-10H2,1H3,(H,16,17,18)/t13-,15+/m0/s1.